The van der Waals surface area contributed by atoms with Crippen LogP contribution in [-0.2, 0) is 14.2 Å². The van der Waals surface area contributed by atoms with Gasteiger partial charge < -0.3 is 50.0 Å². The summed E-state index contributed by atoms with van der Waals surface area (Å²) in [7, 11) is 0. The fraction of sp³-hybridized carbons (Fsp3) is 0.318. The van der Waals surface area contributed by atoms with E-state index < -0.39 is 74.4 Å². The van der Waals surface area contributed by atoms with Crippen molar-refractivity contribution in [3.05, 3.63) is 154 Å². The Kier molecular flexibility index (Phi) is 27.0. The number of aromatic nitrogens is 12. The van der Waals surface area contributed by atoms with Crippen molar-refractivity contribution in [3.63, 3.8) is 0 Å². The van der Waals surface area contributed by atoms with E-state index in [9.17, 15) is 57.5 Å². The minimum absolute atomic E-state index is 0.00144. The van der Waals surface area contributed by atoms with Crippen molar-refractivity contribution in [2.75, 3.05) is 30.5 Å². The van der Waals surface area contributed by atoms with E-state index in [2.05, 4.69) is 55.2 Å². The molecule has 6 aromatic rings. The summed E-state index contributed by atoms with van der Waals surface area (Å²) in [6.45, 7) is 5.85. The Morgan fingerprint density at radius 3 is 1.20 bits per heavy atom. The highest BCUT2D eigenvalue weighted by Gasteiger charge is 2.23. The minimum Gasteiger partial charge on any atom is -0.477 e. The third-order valence-electron chi connectivity index (χ3n) is 9.74. The number of aromatic carboxylic acids is 2. The summed E-state index contributed by atoms with van der Waals surface area (Å²) < 4.78 is 14.2. The van der Waals surface area contributed by atoms with Crippen LogP contribution < -0.4 is 44.4 Å². The number of halogens is 5. The molecule has 2 saturated carbocycles. The third kappa shape index (κ3) is 21.6. The quantitative estimate of drug-likeness (QED) is 0.0260. The van der Waals surface area contributed by atoms with Gasteiger partial charge in [-0.15, -0.1) is 0 Å². The van der Waals surface area contributed by atoms with Gasteiger partial charge in [-0.05, 0) is 106 Å². The minimum atomic E-state index is -1.37. The smallest absolute Gasteiger partial charge is 0.345 e. The molecule has 8 rings (SSSR count). The number of hydrogen-bond donors (Lipinski definition) is 10. The standard InChI is InChI=1S/C11H14ClN3O2.C9H10ClN3O2.C7H6Cl2N2O2.C7H8N2O4.C5H3ClN2O3.C5H4N2O4/c1-2-17-10(16)8-6-13-11(12)15-9(8)14-7-4-3-5-7;10-9-11-4-6(8(14)15)7(13-9)12-5-2-1-3-5;1-2-13-6(12)4-3-10-7(9)11-5(4)8;1-2-13-6(11)4-3-8-7(12)9-5(4)10;6-3(9)2-1-7-5(11)8-4(2)10;8-3-2(4(9)10)1-6-5(11)7-3/h6-7H,2-5H2,1H3,(H,13,14,15);4-5H,1-3H2,(H,14,15)(H,11,12,13);3H,2H2,1H3;3H,2H2,1H3,(H2,8,9,10,12);1H,(H2,7,8,10,11);1H,(H,9,10)(H2,6,7,8,11). The second-order valence-electron chi connectivity index (χ2n) is 15.2. The first-order valence-corrected chi connectivity index (χ1v) is 24.7. The Balaban J connectivity index is 0.000000254. The number of nitrogens with one attached hydrogen (secondary N) is 8. The fourth-order valence-corrected chi connectivity index (χ4v) is 6.32. The molecule has 80 heavy (non-hydrogen) atoms. The van der Waals surface area contributed by atoms with Crippen molar-refractivity contribution in [1.82, 2.24) is 59.8 Å². The molecule has 31 nitrogen and oxygen atoms in total. The van der Waals surface area contributed by atoms with Gasteiger partial charge in [0.2, 0.25) is 15.9 Å². The van der Waals surface area contributed by atoms with Gasteiger partial charge in [0, 0.05) is 49.3 Å². The molecule has 2 aliphatic rings. The number of H-pyrrole nitrogens is 6. The first-order chi connectivity index (χ1) is 37.9. The van der Waals surface area contributed by atoms with Gasteiger partial charge in [-0.25, -0.2) is 58.3 Å². The average Bonchev–Trinajstić information content (AvgIpc) is 3.35. The Labute approximate surface area is 471 Å². The SMILES string of the molecule is CCOC(=O)c1c[nH]c(=O)[nH]c1=O.CCOC(=O)c1cnc(Cl)nc1Cl.CCOC(=O)c1cnc(Cl)nc1NC1CCC1.O=C(Cl)c1c[nH]c(=O)[nH]c1=O.O=C(O)c1c[nH]c(=O)[nH]c1=O.O=C(O)c1cnc(Cl)nc1NC1CCC1. The number of carbonyl (C=O) groups is 6. The molecule has 2 fully saturated rings. The maximum atomic E-state index is 11.7. The maximum absolute atomic E-state index is 11.7. The summed E-state index contributed by atoms with van der Waals surface area (Å²) in [6.07, 6.45) is 13.3. The summed E-state index contributed by atoms with van der Waals surface area (Å²) >= 11 is 27.4. The lowest BCUT2D eigenvalue weighted by Crippen LogP contribution is -2.28. The predicted octanol–water partition coefficient (Wildman–Crippen LogP) is 3.47. The van der Waals surface area contributed by atoms with Crippen LogP contribution in [0.1, 0.15) is 121 Å². The Morgan fingerprint density at radius 1 is 0.512 bits per heavy atom. The van der Waals surface area contributed by atoms with Crippen molar-refractivity contribution >= 4 is 105 Å². The van der Waals surface area contributed by atoms with E-state index in [0.717, 1.165) is 44.3 Å². The molecule has 0 atom stereocenters. The van der Waals surface area contributed by atoms with Crippen LogP contribution in [0.3, 0.4) is 0 Å². The number of nitrogens with zero attached hydrogens (tertiary/aromatic N) is 6. The van der Waals surface area contributed by atoms with E-state index in [1.54, 1.807) is 25.8 Å². The summed E-state index contributed by atoms with van der Waals surface area (Å²) in [6, 6.07) is 0.684. The van der Waals surface area contributed by atoms with E-state index in [-0.39, 0.29) is 56.5 Å². The molecule has 6 aromatic heterocycles. The van der Waals surface area contributed by atoms with Gasteiger partial charge >= 0.3 is 46.9 Å². The van der Waals surface area contributed by atoms with Gasteiger partial charge in [-0.2, -0.15) is 9.97 Å². The number of anilines is 2. The van der Waals surface area contributed by atoms with E-state index in [1.165, 1.54) is 31.4 Å². The van der Waals surface area contributed by atoms with Gasteiger partial charge in [0.15, 0.2) is 0 Å². The Morgan fingerprint density at radius 2 is 0.850 bits per heavy atom. The molecule has 0 spiro atoms. The van der Waals surface area contributed by atoms with Gasteiger partial charge in [-0.1, -0.05) is 11.6 Å². The number of esters is 3. The van der Waals surface area contributed by atoms with E-state index in [1.807, 2.05) is 15.0 Å². The van der Waals surface area contributed by atoms with Crippen molar-refractivity contribution in [2.45, 2.75) is 71.4 Å². The molecule has 0 saturated heterocycles. The number of hydrogen-bond acceptors (Lipinski definition) is 23. The summed E-state index contributed by atoms with van der Waals surface area (Å²) in [5.74, 6) is -3.37. The molecule has 0 aliphatic heterocycles. The number of carboxylic acid groups (broad SMARTS) is 2. The van der Waals surface area contributed by atoms with Crippen LogP contribution in [0.15, 0.2) is 65.9 Å². The van der Waals surface area contributed by atoms with Crippen LogP contribution in [0.2, 0.25) is 21.0 Å². The molecule has 428 valence electrons. The molecule has 6 heterocycles. The zero-order chi connectivity index (χ0) is 59.6. The molecule has 0 radical (unpaired) electrons. The van der Waals surface area contributed by atoms with Gasteiger partial charge in [0.05, 0.1) is 19.8 Å². The number of carbonyl (C=O) groups excluding carboxylic acids is 4. The lowest BCUT2D eigenvalue weighted by molar-refractivity contribution is 0.0514. The zero-order valence-electron chi connectivity index (χ0n) is 41.6. The number of carboxylic acids is 2. The van der Waals surface area contributed by atoms with Gasteiger partial charge in [0.25, 0.3) is 21.9 Å². The topological polar surface area (TPSA) is 469 Å². The number of ether oxygens (including phenoxy) is 3. The van der Waals surface area contributed by atoms with Crippen LogP contribution in [0.4, 0.5) is 11.6 Å². The number of aromatic amines is 6. The van der Waals surface area contributed by atoms with Crippen LogP contribution >= 0.6 is 58.0 Å². The second kappa shape index (κ2) is 32.9. The van der Waals surface area contributed by atoms with Gasteiger partial charge in [0.1, 0.15) is 50.2 Å². The number of rotatable bonds is 13. The maximum Gasteiger partial charge on any atom is 0.345 e. The van der Waals surface area contributed by atoms with Crippen molar-refractivity contribution in [3.8, 4) is 0 Å². The summed E-state index contributed by atoms with van der Waals surface area (Å²) in [5.41, 5.74) is -4.92. The van der Waals surface area contributed by atoms with E-state index in [4.69, 9.17) is 77.7 Å². The molecule has 0 amide bonds. The molecule has 0 aromatic carbocycles. The molecular weight excluding hydrogens is 1170 g/mol. The monoisotopic (exact) mass is 1220 g/mol. The summed E-state index contributed by atoms with van der Waals surface area (Å²) in [5, 5.41) is 22.7. The Bertz CT molecular complexity index is 3450. The van der Waals surface area contributed by atoms with E-state index in [0.29, 0.717) is 35.9 Å². The van der Waals surface area contributed by atoms with Crippen LogP contribution in [-0.4, -0.2) is 137 Å². The van der Waals surface area contributed by atoms with Crippen LogP contribution in [0.25, 0.3) is 0 Å². The first kappa shape index (κ1) is 65.6. The average molecular weight is 1220 g/mol. The van der Waals surface area contributed by atoms with Crippen LogP contribution in [0.5, 0.6) is 0 Å². The lowest BCUT2D eigenvalue weighted by Gasteiger charge is -2.27. The highest BCUT2D eigenvalue weighted by molar-refractivity contribution is 6.67. The predicted molar refractivity (Wildman–Crippen MR) is 284 cm³/mol. The zero-order valence-corrected chi connectivity index (χ0v) is 45.4. The summed E-state index contributed by atoms with van der Waals surface area (Å²) in [4.78, 5) is 163. The molecular formula is C44H45Cl5N14O17. The van der Waals surface area contributed by atoms with E-state index >= 15 is 0 Å². The second-order valence-corrected chi connectivity index (χ2v) is 16.9. The van der Waals surface area contributed by atoms with Crippen molar-refractivity contribution < 1.29 is 53.2 Å². The largest absolute Gasteiger partial charge is 0.477 e. The van der Waals surface area contributed by atoms with Gasteiger partial charge in [-0.3, -0.25) is 34.1 Å². The molecule has 0 unspecified atom stereocenters. The highest BCUT2D eigenvalue weighted by Crippen LogP contribution is 2.26. The third-order valence-corrected chi connectivity index (χ3v) is 10.8. The first-order valence-electron chi connectivity index (χ1n) is 22.8. The Hall–Kier alpha value is -8.65. The molecule has 2 aliphatic carbocycles. The molecule has 10 N–H and O–H groups in total. The fourth-order valence-electron chi connectivity index (χ4n) is 5.53. The molecule has 0 bridgehead atoms. The normalized spacial score (nSPS) is 11.9. The highest BCUT2D eigenvalue weighted by atomic mass is 35.5. The lowest BCUT2D eigenvalue weighted by atomic mass is 9.93. The van der Waals surface area contributed by atoms with Crippen molar-refractivity contribution in [2.24, 2.45) is 0 Å². The van der Waals surface area contributed by atoms with Crippen molar-refractivity contribution in [1.29, 1.82) is 0 Å². The van der Waals surface area contributed by atoms with Crippen LogP contribution in [0, 0.1) is 0 Å². The molecule has 36 heteroatoms.